The molecule has 0 atom stereocenters. The van der Waals surface area contributed by atoms with Gasteiger partial charge in [0.2, 0.25) is 5.91 Å². The molecule has 0 radical (unpaired) electrons. The maximum Gasteiger partial charge on any atom is 0.543 e. The molecule has 0 aliphatic rings. The van der Waals surface area contributed by atoms with Gasteiger partial charge in [0.05, 0.1) is 11.8 Å². The molecular weight excluding hydrogens is 376 g/mol. The van der Waals surface area contributed by atoms with Gasteiger partial charge in [-0.15, -0.1) is 0 Å². The van der Waals surface area contributed by atoms with Crippen molar-refractivity contribution in [3.8, 4) is 5.75 Å². The van der Waals surface area contributed by atoms with Gasteiger partial charge in [-0.25, -0.2) is 0 Å². The van der Waals surface area contributed by atoms with Crippen molar-refractivity contribution in [3.05, 3.63) is 35.0 Å². The molecule has 0 bridgehead atoms. The minimum Gasteiger partial charge on any atom is -0.494 e. The van der Waals surface area contributed by atoms with Crippen molar-refractivity contribution >= 4 is 20.3 Å². The molecule has 7 nitrogen and oxygen atoms in total. The minimum atomic E-state index is -3.48. The first-order chi connectivity index (χ1) is 13.5. The van der Waals surface area contributed by atoms with Gasteiger partial charge < -0.3 is 29.5 Å². The second-order valence-electron chi connectivity index (χ2n) is 5.92. The molecule has 0 unspecified atom stereocenters. The highest BCUT2D eigenvalue weighted by atomic mass is 28.4. The molecule has 0 aromatic heterocycles. The van der Waals surface area contributed by atoms with E-state index in [1.165, 1.54) is 0 Å². The molecule has 1 aromatic carbocycles. The highest BCUT2D eigenvalue weighted by molar-refractivity contribution is 6.75. The number of carbonyl (C=O) groups is 1. The first-order valence-electron chi connectivity index (χ1n) is 9.88. The Bertz CT molecular complexity index is 617. The van der Waals surface area contributed by atoms with Crippen LogP contribution in [0.5, 0.6) is 5.75 Å². The Balaban J connectivity index is 3.64. The van der Waals surface area contributed by atoms with Gasteiger partial charge in [-0.3, -0.25) is 4.79 Å². The average molecular weight is 411 g/mol. The van der Waals surface area contributed by atoms with E-state index in [4.69, 9.17) is 29.5 Å². The number of hydrogen-bond donors (Lipinski definition) is 2. The van der Waals surface area contributed by atoms with Crippen LogP contribution in [-0.4, -0.2) is 47.7 Å². The van der Waals surface area contributed by atoms with Crippen molar-refractivity contribution in [2.45, 2.75) is 40.5 Å². The number of carbonyl (C=O) groups excluding carboxylic acids is 1. The Labute approximate surface area is 169 Å². The summed E-state index contributed by atoms with van der Waals surface area (Å²) in [6, 6.07) is 7.54. The lowest BCUT2D eigenvalue weighted by atomic mass is 10.00. The molecule has 0 spiro atoms. The maximum atomic E-state index is 12.6. The minimum absolute atomic E-state index is 0.302. The summed E-state index contributed by atoms with van der Waals surface area (Å²) in [5.74, 6) is 0.163. The number of rotatable bonds is 14. The van der Waals surface area contributed by atoms with Crippen molar-refractivity contribution < 1.29 is 22.8 Å². The first-order valence-corrected chi connectivity index (χ1v) is 11.6. The van der Waals surface area contributed by atoms with E-state index in [-0.39, 0.29) is 0 Å². The lowest BCUT2D eigenvalue weighted by Crippen LogP contribution is -2.52. The standard InChI is InChI=1S/C20H34N2O5Si/c1-5-24-17-13-11-16(12-14-17)18(10-9-15-21)19(20(22)23)28(25-6-2,26-7-3)27-8-4/h11-14H,5-10,15,21H2,1-4H3,(H2,22,23). The van der Waals surface area contributed by atoms with Crippen LogP contribution >= 0.6 is 0 Å². The van der Waals surface area contributed by atoms with Crippen LogP contribution in [0.1, 0.15) is 46.1 Å². The van der Waals surface area contributed by atoms with E-state index >= 15 is 0 Å². The topological polar surface area (TPSA) is 106 Å². The Morgan fingerprint density at radius 1 is 0.929 bits per heavy atom. The second kappa shape index (κ2) is 12.7. The Morgan fingerprint density at radius 3 is 1.86 bits per heavy atom. The SMILES string of the molecule is CCOc1ccc(C(CCCN)=C(C(N)=O)[Si](OCC)(OCC)OCC)cc1. The van der Waals surface area contributed by atoms with Crippen LogP contribution in [0.15, 0.2) is 29.5 Å². The first kappa shape index (κ1) is 24.3. The summed E-state index contributed by atoms with van der Waals surface area (Å²) in [5.41, 5.74) is 13.2. The predicted octanol–water partition coefficient (Wildman–Crippen LogP) is 2.65. The van der Waals surface area contributed by atoms with Gasteiger partial charge in [0.15, 0.2) is 0 Å². The van der Waals surface area contributed by atoms with Crippen molar-refractivity contribution in [3.63, 3.8) is 0 Å². The van der Waals surface area contributed by atoms with Crippen LogP contribution < -0.4 is 16.2 Å². The monoisotopic (exact) mass is 410 g/mol. The molecule has 1 rings (SSSR count). The second-order valence-corrected chi connectivity index (χ2v) is 8.40. The van der Waals surface area contributed by atoms with Crippen LogP contribution in [0.3, 0.4) is 0 Å². The summed E-state index contributed by atoms with van der Waals surface area (Å²) >= 11 is 0. The quantitative estimate of drug-likeness (QED) is 0.361. The molecule has 4 N–H and O–H groups in total. The fraction of sp³-hybridized carbons (Fsp3) is 0.550. The number of benzene rings is 1. The van der Waals surface area contributed by atoms with E-state index in [0.717, 1.165) is 16.9 Å². The number of ether oxygens (including phenoxy) is 1. The summed E-state index contributed by atoms with van der Waals surface area (Å²) in [4.78, 5) is 12.6. The van der Waals surface area contributed by atoms with Gasteiger partial charge in [-0.1, -0.05) is 12.1 Å². The zero-order valence-corrected chi connectivity index (χ0v) is 18.5. The van der Waals surface area contributed by atoms with Gasteiger partial charge in [0.25, 0.3) is 0 Å². The van der Waals surface area contributed by atoms with E-state index < -0.39 is 14.7 Å². The number of hydrogen-bond acceptors (Lipinski definition) is 6. The number of nitrogens with two attached hydrogens (primary N) is 2. The predicted molar refractivity (Wildman–Crippen MR) is 113 cm³/mol. The van der Waals surface area contributed by atoms with Crippen molar-refractivity contribution in [1.29, 1.82) is 0 Å². The molecule has 1 amide bonds. The molecule has 158 valence electrons. The fourth-order valence-electron chi connectivity index (χ4n) is 3.01. The van der Waals surface area contributed by atoms with Crippen LogP contribution in [0.25, 0.3) is 5.57 Å². The third-order valence-electron chi connectivity index (χ3n) is 4.00. The normalized spacial score (nSPS) is 12.6. The van der Waals surface area contributed by atoms with Crippen LogP contribution in [0, 0.1) is 0 Å². The summed E-state index contributed by atoms with van der Waals surface area (Å²) in [5, 5.41) is 0.302. The molecule has 0 aliphatic heterocycles. The number of allylic oxidation sites excluding steroid dienone is 1. The largest absolute Gasteiger partial charge is 0.543 e. The zero-order chi connectivity index (χ0) is 21.0. The summed E-state index contributed by atoms with van der Waals surface area (Å²) in [6.45, 7) is 9.55. The van der Waals surface area contributed by atoms with Crippen molar-refractivity contribution in [2.75, 3.05) is 33.0 Å². The Kier molecular flexibility index (Phi) is 11.0. The molecule has 0 heterocycles. The molecular formula is C20H34N2O5Si. The molecule has 0 saturated heterocycles. The van der Waals surface area contributed by atoms with E-state index in [0.29, 0.717) is 51.0 Å². The molecule has 0 aliphatic carbocycles. The molecule has 8 heteroatoms. The molecule has 0 saturated carbocycles. The number of primary amides is 1. The van der Waals surface area contributed by atoms with Crippen LogP contribution in [0.2, 0.25) is 0 Å². The lowest BCUT2D eigenvalue weighted by Gasteiger charge is -2.31. The highest BCUT2D eigenvalue weighted by Gasteiger charge is 2.50. The van der Waals surface area contributed by atoms with Gasteiger partial charge in [-0.2, -0.15) is 0 Å². The Hall–Kier alpha value is -1.71. The van der Waals surface area contributed by atoms with E-state index in [1.54, 1.807) is 0 Å². The highest BCUT2D eigenvalue weighted by Crippen LogP contribution is 2.32. The van der Waals surface area contributed by atoms with E-state index in [2.05, 4.69) is 0 Å². The van der Waals surface area contributed by atoms with E-state index in [9.17, 15) is 4.79 Å². The molecule has 0 fully saturated rings. The van der Waals surface area contributed by atoms with Gasteiger partial charge in [0.1, 0.15) is 5.75 Å². The summed E-state index contributed by atoms with van der Waals surface area (Å²) < 4.78 is 23.4. The van der Waals surface area contributed by atoms with Gasteiger partial charge in [-0.05, 0) is 70.4 Å². The van der Waals surface area contributed by atoms with Gasteiger partial charge >= 0.3 is 8.80 Å². The number of amides is 1. The smallest absolute Gasteiger partial charge is 0.494 e. The third kappa shape index (κ3) is 6.42. The maximum absolute atomic E-state index is 12.6. The van der Waals surface area contributed by atoms with Gasteiger partial charge in [0, 0.05) is 19.8 Å². The van der Waals surface area contributed by atoms with E-state index in [1.807, 2.05) is 52.0 Å². The zero-order valence-electron chi connectivity index (χ0n) is 17.5. The van der Waals surface area contributed by atoms with Crippen molar-refractivity contribution in [2.24, 2.45) is 11.5 Å². The summed E-state index contributed by atoms with van der Waals surface area (Å²) in [7, 11) is -3.48. The lowest BCUT2D eigenvalue weighted by molar-refractivity contribution is -0.114. The van der Waals surface area contributed by atoms with Crippen molar-refractivity contribution in [1.82, 2.24) is 0 Å². The third-order valence-corrected chi connectivity index (χ3v) is 7.17. The fourth-order valence-corrected chi connectivity index (χ4v) is 5.77. The molecule has 1 aromatic rings. The van der Waals surface area contributed by atoms with Crippen LogP contribution in [0.4, 0.5) is 0 Å². The summed E-state index contributed by atoms with van der Waals surface area (Å²) in [6.07, 6.45) is 1.25. The Morgan fingerprint density at radius 2 is 1.46 bits per heavy atom. The molecule has 28 heavy (non-hydrogen) atoms. The average Bonchev–Trinajstić information content (AvgIpc) is 2.66. The van der Waals surface area contributed by atoms with Crippen LogP contribution in [-0.2, 0) is 18.1 Å².